The zero-order valence-electron chi connectivity index (χ0n) is 9.69. The third-order valence-electron chi connectivity index (χ3n) is 3.40. The van der Waals surface area contributed by atoms with Crippen LogP contribution >= 0.6 is 27.3 Å². The summed E-state index contributed by atoms with van der Waals surface area (Å²) in [4.78, 5) is 13.0. The second-order valence-electron chi connectivity index (χ2n) is 4.69. The van der Waals surface area contributed by atoms with Crippen LogP contribution in [0.1, 0.15) is 37.0 Å². The molecule has 94 valence electrons. The number of aliphatic hydroxyl groups is 1. The van der Waals surface area contributed by atoms with Crippen molar-refractivity contribution in [2.75, 3.05) is 0 Å². The number of hydrogen-bond acceptors (Lipinski definition) is 3. The molecule has 2 rings (SSSR count). The number of thiophene rings is 1. The van der Waals surface area contributed by atoms with E-state index in [4.69, 9.17) is 0 Å². The maximum atomic E-state index is 12.0. The number of aliphatic hydroxyl groups excluding tert-OH is 1. The molecule has 0 spiro atoms. The van der Waals surface area contributed by atoms with Crippen LogP contribution in [-0.4, -0.2) is 17.0 Å². The highest BCUT2D eigenvalue weighted by Crippen LogP contribution is 2.28. The third-order valence-corrected chi connectivity index (χ3v) is 5.03. The summed E-state index contributed by atoms with van der Waals surface area (Å²) in [7, 11) is 0. The molecule has 1 N–H and O–H groups in total. The molecular formula is C13H17BrO2S. The molecule has 1 heterocycles. The highest BCUT2D eigenvalue weighted by Gasteiger charge is 2.27. The Labute approximate surface area is 114 Å². The smallest absolute Gasteiger partial charge is 0.166 e. The van der Waals surface area contributed by atoms with Crippen molar-refractivity contribution >= 4 is 33.0 Å². The first-order chi connectivity index (χ1) is 8.16. The van der Waals surface area contributed by atoms with Gasteiger partial charge in [-0.2, -0.15) is 0 Å². The number of rotatable bonds is 4. The van der Waals surface area contributed by atoms with Crippen LogP contribution in [0.25, 0.3) is 0 Å². The van der Waals surface area contributed by atoms with Gasteiger partial charge in [0, 0.05) is 11.3 Å². The van der Waals surface area contributed by atoms with Gasteiger partial charge in [-0.1, -0.05) is 19.3 Å². The van der Waals surface area contributed by atoms with Gasteiger partial charge in [0.1, 0.15) is 6.10 Å². The maximum absolute atomic E-state index is 12.0. The van der Waals surface area contributed by atoms with E-state index in [1.165, 1.54) is 6.42 Å². The topological polar surface area (TPSA) is 37.3 Å². The molecule has 0 aromatic carbocycles. The average Bonchev–Trinajstić information content (AvgIpc) is 2.75. The number of ketones is 1. The van der Waals surface area contributed by atoms with Crippen molar-refractivity contribution in [3.8, 4) is 0 Å². The van der Waals surface area contributed by atoms with Gasteiger partial charge >= 0.3 is 0 Å². The van der Waals surface area contributed by atoms with Crippen LogP contribution in [0.15, 0.2) is 15.9 Å². The van der Waals surface area contributed by atoms with E-state index in [9.17, 15) is 9.90 Å². The van der Waals surface area contributed by atoms with Crippen molar-refractivity contribution in [2.24, 2.45) is 5.92 Å². The van der Waals surface area contributed by atoms with E-state index in [0.29, 0.717) is 6.42 Å². The number of carbonyl (C=O) groups is 1. The lowest BCUT2D eigenvalue weighted by Gasteiger charge is -2.25. The van der Waals surface area contributed by atoms with Gasteiger partial charge in [0.05, 0.1) is 3.79 Å². The van der Waals surface area contributed by atoms with E-state index in [1.807, 2.05) is 12.1 Å². The zero-order chi connectivity index (χ0) is 12.3. The molecule has 0 amide bonds. The van der Waals surface area contributed by atoms with Crippen LogP contribution in [0.3, 0.4) is 0 Å². The molecule has 4 heteroatoms. The fourth-order valence-electron chi connectivity index (χ4n) is 2.44. The predicted molar refractivity (Wildman–Crippen MR) is 73.3 cm³/mol. The maximum Gasteiger partial charge on any atom is 0.166 e. The minimum absolute atomic E-state index is 0.0220. The van der Waals surface area contributed by atoms with Gasteiger partial charge in [0.25, 0.3) is 0 Å². The molecule has 1 unspecified atom stereocenters. The highest BCUT2D eigenvalue weighted by molar-refractivity contribution is 9.11. The first-order valence-corrected chi connectivity index (χ1v) is 7.73. The molecule has 1 aromatic rings. The molecule has 0 bridgehead atoms. The van der Waals surface area contributed by atoms with Gasteiger partial charge in [-0.15, -0.1) is 11.3 Å². The highest BCUT2D eigenvalue weighted by atomic mass is 79.9. The lowest BCUT2D eigenvalue weighted by atomic mass is 9.83. The fourth-order valence-corrected chi connectivity index (χ4v) is 3.93. The van der Waals surface area contributed by atoms with Gasteiger partial charge in [0.2, 0.25) is 0 Å². The van der Waals surface area contributed by atoms with Crippen molar-refractivity contribution in [2.45, 2.75) is 44.6 Å². The molecule has 0 aliphatic heterocycles. The fraction of sp³-hybridized carbons (Fsp3) is 0.615. The van der Waals surface area contributed by atoms with Crippen molar-refractivity contribution in [1.82, 2.24) is 0 Å². The van der Waals surface area contributed by atoms with Crippen LogP contribution in [0.4, 0.5) is 0 Å². The second-order valence-corrected chi connectivity index (χ2v) is 7.24. The first-order valence-electron chi connectivity index (χ1n) is 6.12. The largest absolute Gasteiger partial charge is 0.385 e. The Morgan fingerprint density at radius 3 is 2.71 bits per heavy atom. The van der Waals surface area contributed by atoms with Gasteiger partial charge in [-0.05, 0) is 46.8 Å². The Hall–Kier alpha value is -0.190. The van der Waals surface area contributed by atoms with E-state index in [0.717, 1.165) is 34.3 Å². The molecule has 1 fully saturated rings. The minimum Gasteiger partial charge on any atom is -0.385 e. The molecule has 1 aliphatic carbocycles. The van der Waals surface area contributed by atoms with Crippen molar-refractivity contribution < 1.29 is 9.90 Å². The number of carbonyl (C=O) groups excluding carboxylic acids is 1. The Balaban J connectivity index is 1.90. The Kier molecular flexibility index (Phi) is 4.77. The average molecular weight is 317 g/mol. The van der Waals surface area contributed by atoms with Crippen molar-refractivity contribution in [3.63, 3.8) is 0 Å². The molecule has 0 saturated heterocycles. The number of hydrogen-bond donors (Lipinski definition) is 1. The van der Waals surface area contributed by atoms with Crippen LogP contribution in [0.2, 0.25) is 0 Å². The van der Waals surface area contributed by atoms with Gasteiger partial charge in [-0.25, -0.2) is 0 Å². The van der Waals surface area contributed by atoms with E-state index in [1.54, 1.807) is 11.3 Å². The lowest BCUT2D eigenvalue weighted by Crippen LogP contribution is -2.32. The summed E-state index contributed by atoms with van der Waals surface area (Å²) >= 11 is 4.95. The molecule has 1 saturated carbocycles. The standard InChI is InChI=1S/C13H17BrO2S/c14-12-7-6-10(17-12)8-11(15)13(16)9-4-2-1-3-5-9/h6-7,9,13,16H,1-5,8H2. The zero-order valence-corrected chi connectivity index (χ0v) is 12.1. The molecule has 2 nitrogen and oxygen atoms in total. The van der Waals surface area contributed by atoms with Gasteiger partial charge in [0.15, 0.2) is 5.78 Å². The lowest BCUT2D eigenvalue weighted by molar-refractivity contribution is -0.129. The summed E-state index contributed by atoms with van der Waals surface area (Å²) in [6, 6.07) is 3.89. The number of Topliss-reactive ketones (excluding diaryl/α,β-unsaturated/α-hetero) is 1. The van der Waals surface area contributed by atoms with Crippen LogP contribution in [0.5, 0.6) is 0 Å². The first kappa shape index (κ1) is 13.2. The molecule has 17 heavy (non-hydrogen) atoms. The molecule has 1 atom stereocenters. The summed E-state index contributed by atoms with van der Waals surface area (Å²) < 4.78 is 1.03. The van der Waals surface area contributed by atoms with Crippen molar-refractivity contribution in [3.05, 3.63) is 20.8 Å². The van der Waals surface area contributed by atoms with E-state index >= 15 is 0 Å². The molecule has 1 aromatic heterocycles. The summed E-state index contributed by atoms with van der Waals surface area (Å²) in [6.07, 6.45) is 5.17. The van der Waals surface area contributed by atoms with Crippen LogP contribution < -0.4 is 0 Å². The SMILES string of the molecule is O=C(Cc1ccc(Br)s1)C(O)C1CCCCC1. The minimum atomic E-state index is -0.754. The summed E-state index contributed by atoms with van der Waals surface area (Å²) in [6.45, 7) is 0. The van der Waals surface area contributed by atoms with Gasteiger partial charge in [-0.3, -0.25) is 4.79 Å². The predicted octanol–water partition coefficient (Wildman–Crippen LogP) is 3.56. The summed E-state index contributed by atoms with van der Waals surface area (Å²) in [5, 5.41) is 10.1. The van der Waals surface area contributed by atoms with Crippen LogP contribution in [0, 0.1) is 5.92 Å². The third kappa shape index (κ3) is 3.63. The van der Waals surface area contributed by atoms with Crippen LogP contribution in [-0.2, 0) is 11.2 Å². The van der Waals surface area contributed by atoms with E-state index in [-0.39, 0.29) is 11.7 Å². The molecule has 1 aliphatic rings. The summed E-state index contributed by atoms with van der Waals surface area (Å²) in [5.74, 6) is 0.172. The second kappa shape index (κ2) is 6.12. The number of halogens is 1. The Bertz CT molecular complexity index is 383. The summed E-state index contributed by atoms with van der Waals surface area (Å²) in [5.41, 5.74) is 0. The van der Waals surface area contributed by atoms with E-state index < -0.39 is 6.10 Å². The van der Waals surface area contributed by atoms with Gasteiger partial charge < -0.3 is 5.11 Å². The van der Waals surface area contributed by atoms with E-state index in [2.05, 4.69) is 15.9 Å². The normalized spacial score (nSPS) is 19.2. The molecular weight excluding hydrogens is 300 g/mol. The Morgan fingerprint density at radius 2 is 2.12 bits per heavy atom. The quantitative estimate of drug-likeness (QED) is 0.922. The Morgan fingerprint density at radius 1 is 1.41 bits per heavy atom. The van der Waals surface area contributed by atoms with Crippen molar-refractivity contribution in [1.29, 1.82) is 0 Å². The monoisotopic (exact) mass is 316 g/mol. The molecule has 0 radical (unpaired) electrons.